The Bertz CT molecular complexity index is 2620. The number of amides is 1. The lowest BCUT2D eigenvalue weighted by Gasteiger charge is -2.33. The number of carbonyl (C=O) groups excluding carboxylic acids is 1. The Morgan fingerprint density at radius 2 is 0.836 bits per heavy atom. The molecule has 0 fully saturated rings. The van der Waals surface area contributed by atoms with Crippen LogP contribution >= 0.6 is 15.6 Å². The third kappa shape index (κ3) is 14.2. The van der Waals surface area contributed by atoms with Gasteiger partial charge in [0.05, 0.1) is 37.9 Å². The van der Waals surface area contributed by atoms with Gasteiger partial charge in [-0.1, -0.05) is 188 Å². The minimum atomic E-state index is -4.63. The van der Waals surface area contributed by atoms with E-state index < -0.39 is 33.2 Å². The Kier molecular flexibility index (Phi) is 16.7. The first-order valence-corrected chi connectivity index (χ1v) is 24.3. The van der Waals surface area contributed by atoms with E-state index in [1.807, 2.05) is 109 Å². The number of carboxylic acid groups (broad SMARTS) is 1. The molecule has 7 rings (SSSR count). The number of phosphoric acid groups is 2. The molecule has 0 aliphatic heterocycles. The van der Waals surface area contributed by atoms with Crippen LogP contribution in [0, 0.1) is 0 Å². The monoisotopic (exact) mass is 940 g/mol. The van der Waals surface area contributed by atoms with Crippen molar-refractivity contribution in [2.75, 3.05) is 0 Å². The molecule has 0 saturated carbocycles. The highest BCUT2D eigenvalue weighted by atomic mass is 31.2. The Morgan fingerprint density at radius 3 is 1.19 bits per heavy atom. The molecule has 7 aromatic rings. The zero-order chi connectivity index (χ0) is 47.0. The van der Waals surface area contributed by atoms with Crippen molar-refractivity contribution in [1.82, 2.24) is 10.9 Å². The minimum Gasteiger partial charge on any atom is -0.464 e. The van der Waals surface area contributed by atoms with Gasteiger partial charge < -0.3 is 14.2 Å². The van der Waals surface area contributed by atoms with E-state index in [4.69, 9.17) is 27.1 Å². The summed E-state index contributed by atoms with van der Waals surface area (Å²) in [6.07, 6.45) is -1.58. The number of rotatable bonds is 24. The van der Waals surface area contributed by atoms with Gasteiger partial charge in [0, 0.05) is 0 Å². The first-order valence-electron chi connectivity index (χ1n) is 21.3. The number of hydrogen-bond donors (Lipinski definition) is 3. The molecule has 1 atom stereocenters. The van der Waals surface area contributed by atoms with Gasteiger partial charge in [-0.3, -0.25) is 28.3 Å². The lowest BCUT2D eigenvalue weighted by Crippen LogP contribution is -2.59. The molecule has 67 heavy (non-hydrogen) atoms. The summed E-state index contributed by atoms with van der Waals surface area (Å²) in [4.78, 5) is 27.1. The molecule has 1 amide bonds. The number of carbonyl (C=O) groups is 2. The number of ketones is 1. The van der Waals surface area contributed by atoms with E-state index in [0.29, 0.717) is 38.9 Å². The summed E-state index contributed by atoms with van der Waals surface area (Å²) < 4.78 is 66.1. The maximum absolute atomic E-state index is 15.1. The Morgan fingerprint density at radius 1 is 0.493 bits per heavy atom. The number of phosphoric ester groups is 2. The standard InChI is InChI=1S/C52H50N2O11P2/c1-52(54-53-51(56)57,50(55)49(45-28-16-6-17-29-45)46-30-18-7-19-31-46)35-44-32-33-47(64-66(58,60-36-40-20-8-2-9-21-40)61-37-41-22-10-3-11-23-41)48(34-44)65-67(59,62-38-42-24-12-4-13-25-42)63-39-43-26-14-5-15-27-43/h2-34,49,53-54H,35-39H2,1H3,(H,56,57). The van der Waals surface area contributed by atoms with E-state index in [-0.39, 0.29) is 50.1 Å². The number of Topliss-reactive ketones (excluding diaryl/α,β-unsaturated/α-hetero) is 1. The second kappa shape index (κ2) is 23.2. The van der Waals surface area contributed by atoms with Crippen LogP contribution in [0.1, 0.15) is 51.8 Å². The largest absolute Gasteiger partial charge is 0.530 e. The molecule has 0 spiro atoms. The lowest BCUT2D eigenvalue weighted by atomic mass is 9.77. The van der Waals surface area contributed by atoms with Crippen LogP contribution in [0.25, 0.3) is 0 Å². The number of nitrogens with one attached hydrogen (secondary N) is 2. The van der Waals surface area contributed by atoms with Crippen LogP contribution in [0.5, 0.6) is 11.5 Å². The maximum atomic E-state index is 15.1. The van der Waals surface area contributed by atoms with Gasteiger partial charge in [-0.2, -0.15) is 0 Å². The average molecular weight is 941 g/mol. The maximum Gasteiger partial charge on any atom is 0.530 e. The normalized spacial score (nSPS) is 12.5. The van der Waals surface area contributed by atoms with Crippen LogP contribution in [-0.4, -0.2) is 22.5 Å². The van der Waals surface area contributed by atoms with Crippen LogP contribution in [0.4, 0.5) is 4.79 Å². The molecule has 0 aliphatic rings. The Labute approximate surface area is 389 Å². The molecule has 15 heteroatoms. The third-order valence-corrected chi connectivity index (χ3v) is 13.1. The molecule has 0 bridgehead atoms. The fraction of sp³-hybridized carbons (Fsp3) is 0.154. The van der Waals surface area contributed by atoms with Crippen LogP contribution < -0.4 is 19.9 Å². The smallest absolute Gasteiger partial charge is 0.464 e. The van der Waals surface area contributed by atoms with E-state index in [9.17, 15) is 19.0 Å². The number of benzene rings is 7. The van der Waals surface area contributed by atoms with Crippen LogP contribution in [0.2, 0.25) is 0 Å². The van der Waals surface area contributed by atoms with E-state index in [2.05, 4.69) is 10.9 Å². The van der Waals surface area contributed by atoms with E-state index in [1.165, 1.54) is 12.1 Å². The number of hydrogen-bond acceptors (Lipinski definition) is 11. The van der Waals surface area contributed by atoms with Crippen molar-refractivity contribution in [3.05, 3.63) is 239 Å². The molecule has 0 saturated heterocycles. The molecule has 0 aliphatic carbocycles. The fourth-order valence-corrected chi connectivity index (χ4v) is 9.40. The molecular weight excluding hydrogens is 891 g/mol. The van der Waals surface area contributed by atoms with Crippen molar-refractivity contribution in [1.29, 1.82) is 0 Å². The van der Waals surface area contributed by atoms with E-state index in [0.717, 1.165) is 0 Å². The van der Waals surface area contributed by atoms with Crippen LogP contribution in [0.3, 0.4) is 0 Å². The first kappa shape index (κ1) is 48.3. The second-order valence-electron chi connectivity index (χ2n) is 15.6. The quantitative estimate of drug-likeness (QED) is 0.0388. The molecule has 3 N–H and O–H groups in total. The molecule has 344 valence electrons. The molecule has 7 aromatic carbocycles. The van der Waals surface area contributed by atoms with E-state index in [1.54, 1.807) is 85.8 Å². The molecule has 0 heterocycles. The van der Waals surface area contributed by atoms with Crippen molar-refractivity contribution >= 4 is 27.5 Å². The van der Waals surface area contributed by atoms with Gasteiger partial charge in [-0.05, 0) is 64.4 Å². The summed E-state index contributed by atoms with van der Waals surface area (Å²) in [5, 5.41) is 9.78. The molecule has 1 unspecified atom stereocenters. The predicted octanol–water partition coefficient (Wildman–Crippen LogP) is 12.0. The molecular formula is C52H50N2O11P2. The van der Waals surface area contributed by atoms with Gasteiger partial charge in [0.2, 0.25) is 0 Å². The number of hydrazine groups is 1. The van der Waals surface area contributed by atoms with Crippen molar-refractivity contribution in [3.63, 3.8) is 0 Å². The second-order valence-corrected chi connectivity index (χ2v) is 18.8. The lowest BCUT2D eigenvalue weighted by molar-refractivity contribution is -0.125. The highest BCUT2D eigenvalue weighted by Gasteiger charge is 2.41. The summed E-state index contributed by atoms with van der Waals surface area (Å²) in [6, 6.07) is 58.9. The highest BCUT2D eigenvalue weighted by molar-refractivity contribution is 7.49. The molecule has 0 aromatic heterocycles. The van der Waals surface area contributed by atoms with Gasteiger partial charge in [0.1, 0.15) is 0 Å². The van der Waals surface area contributed by atoms with Gasteiger partial charge in [0.25, 0.3) is 0 Å². The zero-order valence-corrected chi connectivity index (χ0v) is 38.4. The first-order chi connectivity index (χ1) is 32.5. The summed E-state index contributed by atoms with van der Waals surface area (Å²) in [6.45, 7) is 0.896. The highest BCUT2D eigenvalue weighted by Crippen LogP contribution is 2.57. The van der Waals surface area contributed by atoms with Crippen molar-refractivity contribution < 1.29 is 51.0 Å². The Hall–Kier alpha value is -6.66. The third-order valence-electron chi connectivity index (χ3n) is 10.4. The zero-order valence-electron chi connectivity index (χ0n) is 36.6. The Balaban J connectivity index is 1.30. The van der Waals surface area contributed by atoms with Gasteiger partial charge >= 0.3 is 21.7 Å². The summed E-state index contributed by atoms with van der Waals surface area (Å²) >= 11 is 0. The van der Waals surface area contributed by atoms with Crippen LogP contribution in [-0.2, 0) is 64.9 Å². The molecule has 0 radical (unpaired) electrons. The SMILES string of the molecule is CC(Cc1ccc(OP(=O)(OCc2ccccc2)OCc2ccccc2)c(OP(=O)(OCc2ccccc2)OCc2ccccc2)c1)(NNC(=O)O)C(=O)C(c1ccccc1)c1ccccc1. The topological polar surface area (TPSA) is 168 Å². The van der Waals surface area contributed by atoms with Gasteiger partial charge in [-0.25, -0.2) is 19.4 Å². The molecule has 13 nitrogen and oxygen atoms in total. The van der Waals surface area contributed by atoms with Gasteiger partial charge in [0.15, 0.2) is 17.3 Å². The van der Waals surface area contributed by atoms with Crippen LogP contribution in [0.15, 0.2) is 200 Å². The summed E-state index contributed by atoms with van der Waals surface area (Å²) in [7, 11) is -9.19. The summed E-state index contributed by atoms with van der Waals surface area (Å²) in [5.41, 5.74) is 7.78. The van der Waals surface area contributed by atoms with Crippen molar-refractivity contribution in [2.45, 2.75) is 51.2 Å². The predicted molar refractivity (Wildman–Crippen MR) is 254 cm³/mol. The minimum absolute atomic E-state index is 0.160. The average Bonchev–Trinajstić information content (AvgIpc) is 3.36. The van der Waals surface area contributed by atoms with E-state index >= 15 is 4.79 Å². The fourth-order valence-electron chi connectivity index (χ4n) is 7.04. The van der Waals surface area contributed by atoms with Crippen molar-refractivity contribution in [3.8, 4) is 11.5 Å². The summed E-state index contributed by atoms with van der Waals surface area (Å²) in [5.74, 6) is -1.70. The van der Waals surface area contributed by atoms with Gasteiger partial charge in [-0.15, -0.1) is 0 Å². The van der Waals surface area contributed by atoms with Crippen molar-refractivity contribution in [2.24, 2.45) is 0 Å².